The van der Waals surface area contributed by atoms with Crippen LogP contribution in [0.2, 0.25) is 0 Å². The van der Waals surface area contributed by atoms with E-state index in [4.69, 9.17) is 0 Å². The van der Waals surface area contributed by atoms with Crippen molar-refractivity contribution in [2.45, 2.75) is 40.5 Å². The Labute approximate surface area is 122 Å². The summed E-state index contributed by atoms with van der Waals surface area (Å²) in [5.41, 5.74) is -0.0853. The van der Waals surface area contributed by atoms with E-state index in [0.29, 0.717) is 19.5 Å². The van der Waals surface area contributed by atoms with Crippen molar-refractivity contribution in [2.24, 2.45) is 11.3 Å². The van der Waals surface area contributed by atoms with Crippen LogP contribution in [0.1, 0.15) is 40.5 Å². The summed E-state index contributed by atoms with van der Waals surface area (Å²) in [4.78, 5) is 24.8. The van der Waals surface area contributed by atoms with Gasteiger partial charge in [0.15, 0.2) is 0 Å². The minimum Gasteiger partial charge on any atom is -0.481 e. The molecule has 0 saturated carbocycles. The normalized spacial score (nSPS) is 12.6. The molecular formula is C15H28N2O3. The molecule has 0 aromatic carbocycles. The maximum Gasteiger partial charge on any atom is 0.317 e. The van der Waals surface area contributed by atoms with Gasteiger partial charge in [0.1, 0.15) is 0 Å². The maximum atomic E-state index is 12.0. The van der Waals surface area contributed by atoms with E-state index in [1.54, 1.807) is 11.0 Å². The van der Waals surface area contributed by atoms with Crippen LogP contribution in [0, 0.1) is 11.3 Å². The smallest absolute Gasteiger partial charge is 0.317 e. The molecule has 0 aliphatic carbocycles. The molecular weight excluding hydrogens is 256 g/mol. The van der Waals surface area contributed by atoms with Crippen LogP contribution in [-0.2, 0) is 4.79 Å². The van der Waals surface area contributed by atoms with E-state index >= 15 is 0 Å². The summed E-state index contributed by atoms with van der Waals surface area (Å²) in [6, 6.07) is -0.230. The van der Waals surface area contributed by atoms with E-state index in [2.05, 4.69) is 11.9 Å². The zero-order chi connectivity index (χ0) is 15.8. The molecule has 2 amide bonds. The minimum atomic E-state index is -0.869. The second-order valence-corrected chi connectivity index (χ2v) is 6.22. The van der Waals surface area contributed by atoms with Crippen molar-refractivity contribution in [2.75, 3.05) is 19.6 Å². The molecule has 0 aromatic heterocycles. The summed E-state index contributed by atoms with van der Waals surface area (Å²) in [6.45, 7) is 12.8. The molecule has 5 heteroatoms. The molecule has 0 aliphatic heterocycles. The average Bonchev–Trinajstić information content (AvgIpc) is 2.32. The fourth-order valence-electron chi connectivity index (χ4n) is 2.01. The van der Waals surface area contributed by atoms with E-state index in [0.717, 1.165) is 6.42 Å². The molecule has 5 nitrogen and oxygen atoms in total. The fourth-order valence-corrected chi connectivity index (χ4v) is 2.01. The number of urea groups is 1. The first-order valence-electron chi connectivity index (χ1n) is 7.07. The third-order valence-electron chi connectivity index (χ3n) is 2.84. The Kier molecular flexibility index (Phi) is 7.96. The van der Waals surface area contributed by atoms with Gasteiger partial charge in [-0.25, -0.2) is 4.79 Å². The van der Waals surface area contributed by atoms with Crippen LogP contribution in [0.5, 0.6) is 0 Å². The van der Waals surface area contributed by atoms with Crippen molar-refractivity contribution in [3.05, 3.63) is 12.7 Å². The summed E-state index contributed by atoms with van der Waals surface area (Å²) in [6.07, 6.45) is 3.04. The van der Waals surface area contributed by atoms with E-state index in [1.165, 1.54) is 0 Å². The van der Waals surface area contributed by atoms with E-state index in [9.17, 15) is 14.7 Å². The van der Waals surface area contributed by atoms with Crippen molar-refractivity contribution >= 4 is 12.0 Å². The summed E-state index contributed by atoms with van der Waals surface area (Å²) in [5, 5.41) is 11.9. The Morgan fingerprint density at radius 3 is 2.40 bits per heavy atom. The van der Waals surface area contributed by atoms with Gasteiger partial charge >= 0.3 is 12.0 Å². The molecule has 0 radical (unpaired) electrons. The predicted molar refractivity (Wildman–Crippen MR) is 80.7 cm³/mol. The van der Waals surface area contributed by atoms with Crippen LogP contribution < -0.4 is 5.32 Å². The van der Waals surface area contributed by atoms with Gasteiger partial charge in [-0.3, -0.25) is 4.79 Å². The lowest BCUT2D eigenvalue weighted by Gasteiger charge is -2.25. The molecule has 0 aliphatic rings. The first-order chi connectivity index (χ1) is 9.21. The van der Waals surface area contributed by atoms with Gasteiger partial charge in [-0.1, -0.05) is 33.8 Å². The Morgan fingerprint density at radius 1 is 1.40 bits per heavy atom. The number of hydrogen-bond acceptors (Lipinski definition) is 2. The predicted octanol–water partition coefficient (Wildman–Crippen LogP) is 2.73. The molecule has 1 atom stereocenters. The molecule has 0 spiro atoms. The van der Waals surface area contributed by atoms with Crippen molar-refractivity contribution in [3.8, 4) is 0 Å². The van der Waals surface area contributed by atoms with Crippen molar-refractivity contribution in [1.82, 2.24) is 10.2 Å². The van der Waals surface area contributed by atoms with Crippen LogP contribution >= 0.6 is 0 Å². The van der Waals surface area contributed by atoms with Gasteiger partial charge in [-0.15, -0.1) is 6.58 Å². The van der Waals surface area contributed by atoms with Crippen LogP contribution in [0.3, 0.4) is 0 Å². The van der Waals surface area contributed by atoms with E-state index in [-0.39, 0.29) is 18.0 Å². The molecule has 0 saturated heterocycles. The van der Waals surface area contributed by atoms with Gasteiger partial charge in [0, 0.05) is 19.6 Å². The second-order valence-electron chi connectivity index (χ2n) is 6.22. The number of nitrogens with zero attached hydrogens (tertiary/aromatic N) is 1. The Balaban J connectivity index is 4.49. The van der Waals surface area contributed by atoms with Crippen LogP contribution in [0.15, 0.2) is 12.7 Å². The first kappa shape index (κ1) is 18.5. The Hall–Kier alpha value is -1.52. The monoisotopic (exact) mass is 284 g/mol. The molecule has 0 bridgehead atoms. The Bertz CT molecular complexity index is 335. The number of amides is 2. The highest BCUT2D eigenvalue weighted by Crippen LogP contribution is 2.24. The maximum absolute atomic E-state index is 12.0. The first-order valence-corrected chi connectivity index (χ1v) is 7.07. The highest BCUT2D eigenvalue weighted by Gasteiger charge is 2.25. The summed E-state index contributed by atoms with van der Waals surface area (Å²) in [5.74, 6) is -1.43. The van der Waals surface area contributed by atoms with Crippen molar-refractivity contribution in [1.29, 1.82) is 0 Å². The highest BCUT2D eigenvalue weighted by molar-refractivity contribution is 5.76. The zero-order valence-electron chi connectivity index (χ0n) is 13.1. The number of carbonyl (C=O) groups excluding carboxylic acids is 1. The van der Waals surface area contributed by atoms with Gasteiger partial charge in [-0.2, -0.15) is 0 Å². The van der Waals surface area contributed by atoms with E-state index < -0.39 is 11.9 Å². The molecule has 20 heavy (non-hydrogen) atoms. The number of carboxylic acids is 1. The number of rotatable bonds is 8. The van der Waals surface area contributed by atoms with Crippen LogP contribution in [0.4, 0.5) is 4.79 Å². The van der Waals surface area contributed by atoms with Crippen LogP contribution in [0.25, 0.3) is 0 Å². The summed E-state index contributed by atoms with van der Waals surface area (Å²) in [7, 11) is 0. The lowest BCUT2D eigenvalue weighted by Crippen LogP contribution is -2.43. The third-order valence-corrected chi connectivity index (χ3v) is 2.84. The lowest BCUT2D eigenvalue weighted by atomic mass is 9.84. The standard InChI is InChI=1S/C15H28N2O3/c1-6-8-17(9-7-2)14(20)16-11-12(13(18)19)10-15(3,4)5/h6,12H,1,7-11H2,2-5H3,(H,16,20)(H,18,19). The second kappa shape index (κ2) is 8.61. The van der Waals surface area contributed by atoms with Gasteiger partial charge in [-0.05, 0) is 18.3 Å². The highest BCUT2D eigenvalue weighted by atomic mass is 16.4. The van der Waals surface area contributed by atoms with Gasteiger partial charge in [0.25, 0.3) is 0 Å². The lowest BCUT2D eigenvalue weighted by molar-refractivity contribution is -0.142. The molecule has 0 aromatic rings. The SMILES string of the molecule is C=CCN(CCC)C(=O)NCC(CC(C)(C)C)C(=O)O. The van der Waals surface area contributed by atoms with E-state index in [1.807, 2.05) is 27.7 Å². The molecule has 0 fully saturated rings. The van der Waals surface area contributed by atoms with Crippen molar-refractivity contribution in [3.63, 3.8) is 0 Å². The molecule has 0 rings (SSSR count). The number of carbonyl (C=O) groups is 2. The Morgan fingerprint density at radius 2 is 2.00 bits per heavy atom. The number of hydrogen-bond donors (Lipinski definition) is 2. The van der Waals surface area contributed by atoms with Crippen molar-refractivity contribution < 1.29 is 14.7 Å². The molecule has 0 heterocycles. The molecule has 116 valence electrons. The summed E-state index contributed by atoms with van der Waals surface area (Å²) >= 11 is 0. The quantitative estimate of drug-likeness (QED) is 0.673. The summed E-state index contributed by atoms with van der Waals surface area (Å²) < 4.78 is 0. The zero-order valence-corrected chi connectivity index (χ0v) is 13.1. The average molecular weight is 284 g/mol. The fraction of sp³-hybridized carbons (Fsp3) is 0.733. The van der Waals surface area contributed by atoms with Gasteiger partial charge in [0.2, 0.25) is 0 Å². The largest absolute Gasteiger partial charge is 0.481 e. The number of carboxylic acid groups (broad SMARTS) is 1. The third kappa shape index (κ3) is 7.81. The van der Waals surface area contributed by atoms with Gasteiger partial charge < -0.3 is 15.3 Å². The van der Waals surface area contributed by atoms with Crippen LogP contribution in [-0.4, -0.2) is 41.6 Å². The number of nitrogens with one attached hydrogen (secondary N) is 1. The van der Waals surface area contributed by atoms with Gasteiger partial charge in [0.05, 0.1) is 5.92 Å². The molecule has 2 N–H and O–H groups in total. The number of aliphatic carboxylic acids is 1. The minimum absolute atomic E-state index is 0.0853. The molecule has 1 unspecified atom stereocenters. The topological polar surface area (TPSA) is 69.6 Å².